The van der Waals surface area contributed by atoms with E-state index in [-0.39, 0.29) is 17.3 Å². The zero-order chi connectivity index (χ0) is 21.6. The van der Waals surface area contributed by atoms with Crippen LogP contribution in [0.3, 0.4) is 0 Å². The summed E-state index contributed by atoms with van der Waals surface area (Å²) in [5.41, 5.74) is 0.285. The Labute approximate surface area is 177 Å². The number of anilines is 2. The maximum atomic E-state index is 12.9. The minimum absolute atomic E-state index is 0.0402. The van der Waals surface area contributed by atoms with E-state index in [9.17, 15) is 18.5 Å². The van der Waals surface area contributed by atoms with Crippen molar-refractivity contribution in [3.05, 3.63) is 54.6 Å². The van der Waals surface area contributed by atoms with E-state index in [0.717, 1.165) is 19.3 Å². The van der Waals surface area contributed by atoms with E-state index < -0.39 is 15.6 Å². The summed E-state index contributed by atoms with van der Waals surface area (Å²) in [4.78, 5) is 12.5. The first-order chi connectivity index (χ1) is 14.4. The van der Waals surface area contributed by atoms with E-state index in [4.69, 9.17) is 0 Å². The van der Waals surface area contributed by atoms with E-state index in [1.165, 1.54) is 23.5 Å². The first-order valence-corrected chi connectivity index (χ1v) is 11.4. The topological polar surface area (TPSA) is 102 Å². The van der Waals surface area contributed by atoms with E-state index >= 15 is 0 Å². The number of carbonyl (C=O) groups excluding carboxylic acids is 1. The summed E-state index contributed by atoms with van der Waals surface area (Å²) < 4.78 is 27.1. The van der Waals surface area contributed by atoms with Crippen LogP contribution >= 0.6 is 0 Å². The molecule has 1 aliphatic carbocycles. The average Bonchev–Trinajstić information content (AvgIpc) is 2.78. The molecule has 0 aromatic heterocycles. The summed E-state index contributed by atoms with van der Waals surface area (Å²) in [5, 5.41) is 15.3. The molecular formula is C22H26N4O3S. The van der Waals surface area contributed by atoms with Crippen LogP contribution in [-0.2, 0) is 14.8 Å². The summed E-state index contributed by atoms with van der Waals surface area (Å²) in [7, 11) is -2.24. The predicted molar refractivity (Wildman–Crippen MR) is 117 cm³/mol. The van der Waals surface area contributed by atoms with Gasteiger partial charge in [-0.2, -0.15) is 5.26 Å². The van der Waals surface area contributed by atoms with E-state index in [1.807, 2.05) is 6.07 Å². The molecule has 7 nitrogen and oxygen atoms in total. The molecule has 158 valence electrons. The summed E-state index contributed by atoms with van der Waals surface area (Å²) in [5.74, 6) is -0.284. The summed E-state index contributed by atoms with van der Waals surface area (Å²) in [6.45, 7) is -0.0402. The second-order valence-electron chi connectivity index (χ2n) is 7.49. The largest absolute Gasteiger partial charge is 0.376 e. The van der Waals surface area contributed by atoms with Gasteiger partial charge in [0.05, 0.1) is 23.2 Å². The minimum atomic E-state index is -3.74. The lowest BCUT2D eigenvalue weighted by Crippen LogP contribution is -2.50. The van der Waals surface area contributed by atoms with Crippen molar-refractivity contribution >= 4 is 27.3 Å². The molecule has 0 unspecified atom stereocenters. The van der Waals surface area contributed by atoms with Crippen LogP contribution in [0, 0.1) is 11.3 Å². The van der Waals surface area contributed by atoms with Crippen LogP contribution in [0.2, 0.25) is 0 Å². The standard InChI is InChI=1S/C22H26N4O3S/c1-26(19-10-4-2-5-11-19)30(28,29)20-12-8-9-18(15-20)24-16-21(27)25-22(17-23)13-6-3-7-14-22/h2,4-5,8-12,15,24H,3,6-7,13-14,16H2,1H3,(H,25,27). The molecular weight excluding hydrogens is 400 g/mol. The zero-order valence-electron chi connectivity index (χ0n) is 17.0. The molecule has 0 aliphatic heterocycles. The first kappa shape index (κ1) is 21.7. The van der Waals surface area contributed by atoms with Crippen LogP contribution in [0.4, 0.5) is 11.4 Å². The lowest BCUT2D eigenvalue weighted by atomic mass is 9.83. The second kappa shape index (κ2) is 9.18. The molecule has 0 radical (unpaired) electrons. The smallest absolute Gasteiger partial charge is 0.264 e. The SMILES string of the molecule is CN(c1ccccc1)S(=O)(=O)c1cccc(NCC(=O)NC2(C#N)CCCCC2)c1. The fourth-order valence-electron chi connectivity index (χ4n) is 3.61. The van der Waals surface area contributed by atoms with Gasteiger partial charge in [0, 0.05) is 12.7 Å². The number of hydrogen-bond donors (Lipinski definition) is 2. The molecule has 0 saturated heterocycles. The summed E-state index contributed by atoms with van der Waals surface area (Å²) >= 11 is 0. The van der Waals surface area contributed by atoms with E-state index in [0.29, 0.717) is 24.2 Å². The van der Waals surface area contributed by atoms with Gasteiger partial charge in [-0.1, -0.05) is 43.5 Å². The van der Waals surface area contributed by atoms with Crippen molar-refractivity contribution in [1.82, 2.24) is 5.32 Å². The fourth-order valence-corrected chi connectivity index (χ4v) is 4.86. The first-order valence-electron chi connectivity index (χ1n) is 9.96. The summed E-state index contributed by atoms with van der Waals surface area (Å²) in [6.07, 6.45) is 4.26. The number of rotatable bonds is 7. The Morgan fingerprint density at radius 3 is 2.47 bits per heavy atom. The van der Waals surface area contributed by atoms with Crippen LogP contribution in [0.15, 0.2) is 59.5 Å². The van der Waals surface area contributed by atoms with Gasteiger partial charge < -0.3 is 10.6 Å². The Balaban J connectivity index is 1.67. The van der Waals surface area contributed by atoms with Gasteiger partial charge in [-0.3, -0.25) is 9.10 Å². The highest BCUT2D eigenvalue weighted by molar-refractivity contribution is 7.92. The number of carbonyl (C=O) groups is 1. The van der Waals surface area contributed by atoms with Crippen molar-refractivity contribution < 1.29 is 13.2 Å². The third-order valence-corrected chi connectivity index (χ3v) is 7.15. The van der Waals surface area contributed by atoms with Crippen LogP contribution in [0.5, 0.6) is 0 Å². The molecule has 1 aliphatic rings. The van der Waals surface area contributed by atoms with Gasteiger partial charge in [0.25, 0.3) is 10.0 Å². The maximum Gasteiger partial charge on any atom is 0.264 e. The maximum absolute atomic E-state index is 12.9. The predicted octanol–water partition coefficient (Wildman–Crippen LogP) is 3.27. The average molecular weight is 427 g/mol. The second-order valence-corrected chi connectivity index (χ2v) is 9.46. The molecule has 1 saturated carbocycles. The molecule has 3 rings (SSSR count). The number of nitriles is 1. The lowest BCUT2D eigenvalue weighted by molar-refractivity contribution is -0.121. The van der Waals surface area contributed by atoms with Crippen LogP contribution in [0.1, 0.15) is 32.1 Å². The van der Waals surface area contributed by atoms with Crippen LogP contribution in [-0.4, -0.2) is 33.5 Å². The molecule has 1 amide bonds. The molecule has 8 heteroatoms. The van der Waals surface area contributed by atoms with Crippen molar-refractivity contribution in [3.8, 4) is 6.07 Å². The highest BCUT2D eigenvalue weighted by atomic mass is 32.2. The molecule has 0 bridgehead atoms. The Kier molecular flexibility index (Phi) is 6.63. The minimum Gasteiger partial charge on any atom is -0.376 e. The molecule has 1 fully saturated rings. The number of nitrogens with zero attached hydrogens (tertiary/aromatic N) is 2. The zero-order valence-corrected chi connectivity index (χ0v) is 17.8. The molecule has 0 heterocycles. The van der Waals surface area contributed by atoms with Crippen molar-refractivity contribution in [1.29, 1.82) is 5.26 Å². The van der Waals surface area contributed by atoms with E-state index in [1.54, 1.807) is 36.4 Å². The Morgan fingerprint density at radius 2 is 1.80 bits per heavy atom. The lowest BCUT2D eigenvalue weighted by Gasteiger charge is -2.31. The highest BCUT2D eigenvalue weighted by Crippen LogP contribution is 2.27. The molecule has 2 aromatic rings. The molecule has 30 heavy (non-hydrogen) atoms. The van der Waals surface area contributed by atoms with Gasteiger partial charge in [0.15, 0.2) is 0 Å². The van der Waals surface area contributed by atoms with E-state index in [2.05, 4.69) is 16.7 Å². The van der Waals surface area contributed by atoms with Crippen molar-refractivity contribution in [3.63, 3.8) is 0 Å². The molecule has 2 N–H and O–H groups in total. The Bertz CT molecular complexity index is 1030. The van der Waals surface area contributed by atoms with Gasteiger partial charge in [-0.05, 0) is 43.2 Å². The van der Waals surface area contributed by atoms with Crippen molar-refractivity contribution in [2.45, 2.75) is 42.5 Å². The van der Waals surface area contributed by atoms with Gasteiger partial charge >= 0.3 is 0 Å². The summed E-state index contributed by atoms with van der Waals surface area (Å²) in [6, 6.07) is 17.4. The number of sulfonamides is 1. The normalized spacial score (nSPS) is 15.6. The number of hydrogen-bond acceptors (Lipinski definition) is 5. The van der Waals surface area contributed by atoms with Gasteiger partial charge in [-0.25, -0.2) is 8.42 Å². The van der Waals surface area contributed by atoms with Crippen LogP contribution in [0.25, 0.3) is 0 Å². The molecule has 2 aromatic carbocycles. The number of benzene rings is 2. The van der Waals surface area contributed by atoms with Gasteiger partial charge in [0.1, 0.15) is 5.54 Å². The molecule has 0 atom stereocenters. The van der Waals surface area contributed by atoms with Crippen molar-refractivity contribution in [2.75, 3.05) is 23.2 Å². The van der Waals surface area contributed by atoms with Crippen LogP contribution < -0.4 is 14.9 Å². The van der Waals surface area contributed by atoms with Crippen molar-refractivity contribution in [2.24, 2.45) is 0 Å². The number of amides is 1. The fraction of sp³-hybridized carbons (Fsp3) is 0.364. The number of nitrogens with one attached hydrogen (secondary N) is 2. The Hall–Kier alpha value is -3.05. The Morgan fingerprint density at radius 1 is 1.10 bits per heavy atom. The van der Waals surface area contributed by atoms with Gasteiger partial charge in [-0.15, -0.1) is 0 Å². The quantitative estimate of drug-likeness (QED) is 0.707. The monoisotopic (exact) mass is 426 g/mol. The highest BCUT2D eigenvalue weighted by Gasteiger charge is 2.33. The third kappa shape index (κ3) is 4.92. The van der Waals surface area contributed by atoms with Gasteiger partial charge in [0.2, 0.25) is 5.91 Å². The number of para-hydroxylation sites is 1. The molecule has 0 spiro atoms. The third-order valence-electron chi connectivity index (χ3n) is 5.37.